The Morgan fingerprint density at radius 2 is 1.48 bits per heavy atom. The van der Waals surface area contributed by atoms with Crippen molar-refractivity contribution in [3.8, 4) is 45.8 Å². The van der Waals surface area contributed by atoms with E-state index in [1.165, 1.54) is 0 Å². The Bertz CT molecular complexity index is 1050. The van der Waals surface area contributed by atoms with E-state index in [4.69, 9.17) is 9.67 Å². The van der Waals surface area contributed by atoms with E-state index in [1.54, 1.807) is 0 Å². The molecule has 3 rings (SSSR count). The predicted octanol–water partition coefficient (Wildman–Crippen LogP) is 1.63. The molecule has 0 aliphatic carbocycles. The number of aromatic hydroxyl groups is 5. The third-order valence-electron chi connectivity index (χ3n) is 3.44. The zero-order valence-corrected chi connectivity index (χ0v) is 12.9. The van der Waals surface area contributed by atoms with Gasteiger partial charge >= 0.3 is 0 Å². The van der Waals surface area contributed by atoms with Gasteiger partial charge in [-0.15, -0.1) is 0 Å². The summed E-state index contributed by atoms with van der Waals surface area (Å²) in [6.45, 7) is 0. The smallest absolute Gasteiger partial charge is 0.238 e. The van der Waals surface area contributed by atoms with E-state index in [1.807, 2.05) is 0 Å². The molecule has 1 heterocycles. The molecule has 0 unspecified atom stereocenters. The van der Waals surface area contributed by atoms with Gasteiger partial charge in [0, 0.05) is 27.8 Å². The third kappa shape index (κ3) is 3.23. The van der Waals surface area contributed by atoms with Crippen molar-refractivity contribution in [2.75, 3.05) is 0 Å². The Morgan fingerprint density at radius 3 is 2.11 bits per heavy atom. The molecule has 12 nitrogen and oxygen atoms in total. The van der Waals surface area contributed by atoms with Gasteiger partial charge in [-0.25, -0.2) is 5.26 Å². The highest BCUT2D eigenvalue weighted by atomic mass is 17.8. The van der Waals surface area contributed by atoms with Crippen LogP contribution < -0.4 is 10.3 Å². The number of fused-ring (bicyclic) bond motifs is 1. The highest BCUT2D eigenvalue weighted by molar-refractivity contribution is 5.88. The minimum absolute atomic E-state index is 0.154. The first-order chi connectivity index (χ1) is 12.8. The van der Waals surface area contributed by atoms with Gasteiger partial charge in [0.15, 0.2) is 28.8 Å². The molecule has 0 saturated heterocycles. The lowest BCUT2D eigenvalue weighted by atomic mass is 10.1. The van der Waals surface area contributed by atoms with Crippen molar-refractivity contribution < 1.29 is 55.2 Å². The molecule has 6 N–H and O–H groups in total. The van der Waals surface area contributed by atoms with Crippen molar-refractivity contribution >= 4 is 11.0 Å². The van der Waals surface area contributed by atoms with Gasteiger partial charge in [0.05, 0.1) is 0 Å². The summed E-state index contributed by atoms with van der Waals surface area (Å²) in [7, 11) is 0. The molecule has 12 heteroatoms. The fourth-order valence-electron chi connectivity index (χ4n) is 2.31. The second-order valence-corrected chi connectivity index (χ2v) is 5.08. The van der Waals surface area contributed by atoms with Crippen LogP contribution in [0.25, 0.3) is 22.3 Å². The predicted molar refractivity (Wildman–Crippen MR) is 82.8 cm³/mol. The largest absolute Gasteiger partial charge is 0.507 e. The summed E-state index contributed by atoms with van der Waals surface area (Å²) in [5.41, 5.74) is -1.47. The molecule has 2 aromatic carbocycles. The number of hydrogen-bond donors (Lipinski definition) is 6. The molecule has 0 amide bonds. The van der Waals surface area contributed by atoms with Crippen LogP contribution >= 0.6 is 0 Å². The molecule has 0 atom stereocenters. The van der Waals surface area contributed by atoms with Gasteiger partial charge in [0.25, 0.3) is 0 Å². The van der Waals surface area contributed by atoms with Gasteiger partial charge < -0.3 is 34.8 Å². The summed E-state index contributed by atoms with van der Waals surface area (Å²) in [5, 5.41) is 66.9. The Labute approximate surface area is 147 Å². The van der Waals surface area contributed by atoms with Crippen LogP contribution in [0.5, 0.6) is 34.5 Å². The van der Waals surface area contributed by atoms with E-state index in [-0.39, 0.29) is 16.9 Å². The Hall–Kier alpha value is -3.71. The van der Waals surface area contributed by atoms with Gasteiger partial charge in [0.2, 0.25) is 11.2 Å². The zero-order chi connectivity index (χ0) is 19.7. The summed E-state index contributed by atoms with van der Waals surface area (Å²) in [4.78, 5) is 16.9. The maximum Gasteiger partial charge on any atom is 0.238 e. The van der Waals surface area contributed by atoms with Crippen LogP contribution in [0.1, 0.15) is 0 Å². The molecule has 0 saturated carbocycles. The molecule has 0 aliphatic rings. The van der Waals surface area contributed by atoms with Gasteiger partial charge in [-0.2, -0.15) is 0 Å². The monoisotopic (exact) mass is 382 g/mol. The lowest BCUT2D eigenvalue weighted by Crippen LogP contribution is -2.04. The highest BCUT2D eigenvalue weighted by Crippen LogP contribution is 2.42. The summed E-state index contributed by atoms with van der Waals surface area (Å²) < 4.78 is 5.37. The summed E-state index contributed by atoms with van der Waals surface area (Å²) >= 11 is 0. The zero-order valence-electron chi connectivity index (χ0n) is 12.9. The standard InChI is InChI=1S/C15H10O12/c16-7-3-6(24-26-27-25-22)4-10-11(7)13(20)14(21)15(23-10)5-1-8(17)12(19)9(18)2-5/h1-4,16-19,21-22H. The van der Waals surface area contributed by atoms with Gasteiger partial charge in [-0.3, -0.25) is 4.79 Å². The second kappa shape index (κ2) is 6.89. The van der Waals surface area contributed by atoms with E-state index in [0.717, 1.165) is 24.3 Å². The second-order valence-electron chi connectivity index (χ2n) is 5.08. The number of phenols is 4. The lowest BCUT2D eigenvalue weighted by Gasteiger charge is -2.10. The quantitative estimate of drug-likeness (QED) is 0.162. The SMILES string of the molecule is O=c1c(O)c(-c2cc(O)c(O)c(O)c2)oc2cc(OOOOO)cc(O)c12. The first kappa shape index (κ1) is 18.1. The topological polar surface area (TPSA) is 189 Å². The average Bonchev–Trinajstić information content (AvgIpc) is 2.62. The maximum atomic E-state index is 12.4. The molecule has 0 radical (unpaired) electrons. The maximum absolute atomic E-state index is 12.4. The molecule has 1 aromatic heterocycles. The minimum atomic E-state index is -1.03. The molecular formula is C15H10O12. The molecule has 0 aliphatic heterocycles. The summed E-state index contributed by atoms with van der Waals surface area (Å²) in [6, 6.07) is 3.82. The van der Waals surface area contributed by atoms with E-state index in [2.05, 4.69) is 20.0 Å². The van der Waals surface area contributed by atoms with E-state index in [0.29, 0.717) is 0 Å². The van der Waals surface area contributed by atoms with Crippen molar-refractivity contribution in [1.29, 1.82) is 0 Å². The first-order valence-corrected chi connectivity index (χ1v) is 6.93. The minimum Gasteiger partial charge on any atom is -0.507 e. The van der Waals surface area contributed by atoms with E-state index in [9.17, 15) is 30.3 Å². The van der Waals surface area contributed by atoms with Crippen LogP contribution in [0.4, 0.5) is 0 Å². The van der Waals surface area contributed by atoms with Crippen LogP contribution in [0.2, 0.25) is 0 Å². The van der Waals surface area contributed by atoms with Crippen LogP contribution in [0.15, 0.2) is 33.5 Å². The summed E-state index contributed by atoms with van der Waals surface area (Å²) in [6.07, 6.45) is 0. The number of phenolic OH excluding ortho intramolecular Hbond substituents is 4. The molecule has 142 valence electrons. The fourth-order valence-corrected chi connectivity index (χ4v) is 2.31. The molecule has 0 spiro atoms. The van der Waals surface area contributed by atoms with Crippen LogP contribution in [-0.4, -0.2) is 30.8 Å². The Morgan fingerprint density at radius 1 is 0.815 bits per heavy atom. The molecule has 27 heavy (non-hydrogen) atoms. The molecule has 0 bridgehead atoms. The number of rotatable bonds is 5. The summed E-state index contributed by atoms with van der Waals surface area (Å²) in [5.74, 6) is -4.59. The normalized spacial score (nSPS) is 11.0. The van der Waals surface area contributed by atoms with Gasteiger partial charge in [0.1, 0.15) is 16.7 Å². The van der Waals surface area contributed by atoms with Crippen molar-refractivity contribution in [3.05, 3.63) is 34.5 Å². The van der Waals surface area contributed by atoms with Gasteiger partial charge in [-0.1, -0.05) is 0 Å². The molecular weight excluding hydrogens is 372 g/mol. The lowest BCUT2D eigenvalue weighted by molar-refractivity contribution is -0.684. The molecule has 0 fully saturated rings. The highest BCUT2D eigenvalue weighted by Gasteiger charge is 2.21. The van der Waals surface area contributed by atoms with Crippen molar-refractivity contribution in [1.82, 2.24) is 0 Å². The van der Waals surface area contributed by atoms with Crippen LogP contribution in [-0.2, 0) is 15.1 Å². The van der Waals surface area contributed by atoms with E-state index >= 15 is 0 Å². The number of benzene rings is 2. The van der Waals surface area contributed by atoms with Crippen LogP contribution in [0.3, 0.4) is 0 Å². The first-order valence-electron chi connectivity index (χ1n) is 6.93. The van der Waals surface area contributed by atoms with Crippen molar-refractivity contribution in [3.63, 3.8) is 0 Å². The van der Waals surface area contributed by atoms with E-state index < -0.39 is 45.3 Å². The van der Waals surface area contributed by atoms with Crippen molar-refractivity contribution in [2.24, 2.45) is 0 Å². The van der Waals surface area contributed by atoms with Gasteiger partial charge in [-0.05, 0) is 17.2 Å². The average molecular weight is 382 g/mol. The van der Waals surface area contributed by atoms with Crippen LogP contribution in [0, 0.1) is 0 Å². The number of hydrogen-bond acceptors (Lipinski definition) is 12. The fraction of sp³-hybridized carbons (Fsp3) is 0. The Kier molecular flexibility index (Phi) is 4.62. The van der Waals surface area contributed by atoms with Crippen molar-refractivity contribution in [2.45, 2.75) is 0 Å². The Balaban J connectivity index is 2.20. The molecule has 3 aromatic rings. The third-order valence-corrected chi connectivity index (χ3v) is 3.44.